The quantitative estimate of drug-likeness (QED) is 0.332. The fourth-order valence-electron chi connectivity index (χ4n) is 4.91. The molecular formula is C31H37F3N4O7S. The van der Waals surface area contributed by atoms with Crippen molar-refractivity contribution in [2.24, 2.45) is 11.8 Å². The maximum Gasteiger partial charge on any atom is 0.452 e. The van der Waals surface area contributed by atoms with Crippen LogP contribution in [-0.2, 0) is 24.4 Å². The lowest BCUT2D eigenvalue weighted by atomic mass is 9.98. The molecule has 1 unspecified atom stereocenters. The number of Topliss-reactive ketones (excluding diaryl/α,β-unsaturated/α-hetero) is 1. The van der Waals surface area contributed by atoms with Crippen molar-refractivity contribution in [1.29, 1.82) is 0 Å². The maximum absolute atomic E-state index is 13.6. The minimum atomic E-state index is -5.15. The van der Waals surface area contributed by atoms with Crippen LogP contribution in [0.4, 0.5) is 13.2 Å². The summed E-state index contributed by atoms with van der Waals surface area (Å²) in [6.07, 6.45) is -4.61. The Hall–Kier alpha value is -4.27. The van der Waals surface area contributed by atoms with E-state index < -0.39 is 75.6 Å². The number of halogens is 3. The number of sulfonamides is 1. The normalized spacial score (nSPS) is 16.6. The number of nitrogens with one attached hydrogen (secondary N) is 3. The van der Waals surface area contributed by atoms with Crippen LogP contribution >= 0.6 is 0 Å². The molecule has 1 saturated heterocycles. The van der Waals surface area contributed by atoms with Crippen molar-refractivity contribution < 1.29 is 45.6 Å². The second-order valence-corrected chi connectivity index (χ2v) is 13.5. The Balaban J connectivity index is 1.70. The van der Waals surface area contributed by atoms with Crippen LogP contribution in [0.15, 0.2) is 53.4 Å². The molecule has 1 aliphatic rings. The number of likely N-dealkylation sites (tertiary alicyclic amines) is 1. The summed E-state index contributed by atoms with van der Waals surface area (Å²) >= 11 is 0. The van der Waals surface area contributed by atoms with Crippen LogP contribution in [0.25, 0.3) is 0 Å². The first-order valence-electron chi connectivity index (χ1n) is 14.6. The third-order valence-electron chi connectivity index (χ3n) is 7.55. The Labute approximate surface area is 265 Å². The molecule has 1 aliphatic heterocycles. The first kappa shape index (κ1) is 36.2. The summed E-state index contributed by atoms with van der Waals surface area (Å²) in [5.74, 6) is -6.54. The third-order valence-corrected chi connectivity index (χ3v) is 8.90. The summed E-state index contributed by atoms with van der Waals surface area (Å²) in [7, 11) is -4.14. The van der Waals surface area contributed by atoms with Crippen LogP contribution in [-0.4, -0.2) is 73.6 Å². The van der Waals surface area contributed by atoms with Gasteiger partial charge in [0.05, 0.1) is 10.9 Å². The number of hydrogen-bond donors (Lipinski definition) is 3. The predicted molar refractivity (Wildman–Crippen MR) is 161 cm³/mol. The first-order chi connectivity index (χ1) is 21.3. The predicted octanol–water partition coefficient (Wildman–Crippen LogP) is 3.13. The molecule has 0 saturated carbocycles. The number of amides is 4. The monoisotopic (exact) mass is 666 g/mol. The zero-order valence-corrected chi connectivity index (χ0v) is 26.8. The molecule has 3 rings (SSSR count). The van der Waals surface area contributed by atoms with Gasteiger partial charge in [0.2, 0.25) is 11.8 Å². The van der Waals surface area contributed by atoms with Crippen LogP contribution in [0, 0.1) is 18.8 Å². The molecule has 11 nitrogen and oxygen atoms in total. The fraction of sp³-hybridized carbons (Fsp3) is 0.452. The van der Waals surface area contributed by atoms with E-state index in [-0.39, 0.29) is 29.0 Å². The number of ketones is 1. The van der Waals surface area contributed by atoms with E-state index in [2.05, 4.69) is 10.6 Å². The van der Waals surface area contributed by atoms with E-state index in [1.807, 2.05) is 4.72 Å². The lowest BCUT2D eigenvalue weighted by Crippen LogP contribution is -2.58. The van der Waals surface area contributed by atoms with Crippen LogP contribution in [0.2, 0.25) is 0 Å². The topological polar surface area (TPSA) is 159 Å². The van der Waals surface area contributed by atoms with Crippen LogP contribution < -0.4 is 15.4 Å². The number of benzene rings is 2. The average molecular weight is 667 g/mol. The highest BCUT2D eigenvalue weighted by Gasteiger charge is 2.46. The van der Waals surface area contributed by atoms with Gasteiger partial charge >= 0.3 is 6.18 Å². The van der Waals surface area contributed by atoms with Gasteiger partial charge in [-0.25, -0.2) is 13.1 Å². The van der Waals surface area contributed by atoms with Crippen LogP contribution in [0.1, 0.15) is 66.8 Å². The summed E-state index contributed by atoms with van der Waals surface area (Å²) in [5, 5.41) is 4.78. The number of hydrogen-bond acceptors (Lipinski definition) is 7. The fourth-order valence-corrected chi connectivity index (χ4v) is 5.89. The summed E-state index contributed by atoms with van der Waals surface area (Å²) in [6, 6.07) is 6.86. The molecular weight excluding hydrogens is 629 g/mol. The van der Waals surface area contributed by atoms with Gasteiger partial charge in [-0.3, -0.25) is 24.0 Å². The van der Waals surface area contributed by atoms with E-state index in [9.17, 15) is 45.6 Å². The molecule has 0 spiro atoms. The van der Waals surface area contributed by atoms with Gasteiger partial charge in [-0.2, -0.15) is 13.2 Å². The lowest BCUT2D eigenvalue weighted by Gasteiger charge is -2.32. The molecule has 46 heavy (non-hydrogen) atoms. The van der Waals surface area contributed by atoms with E-state index >= 15 is 0 Å². The molecule has 3 atom stereocenters. The lowest BCUT2D eigenvalue weighted by molar-refractivity contribution is -0.175. The summed E-state index contributed by atoms with van der Waals surface area (Å²) in [6.45, 7) is 7.95. The average Bonchev–Trinajstić information content (AvgIpc) is 3.47. The van der Waals surface area contributed by atoms with Crippen molar-refractivity contribution in [2.45, 2.75) is 76.7 Å². The van der Waals surface area contributed by atoms with Gasteiger partial charge < -0.3 is 15.5 Å². The number of alkyl halides is 3. The van der Waals surface area contributed by atoms with Gasteiger partial charge in [0.1, 0.15) is 12.1 Å². The molecule has 15 heteroatoms. The zero-order chi connectivity index (χ0) is 34.6. The van der Waals surface area contributed by atoms with Gasteiger partial charge in [0.25, 0.3) is 27.6 Å². The first-order valence-corrected chi connectivity index (χ1v) is 16.1. The third kappa shape index (κ3) is 8.71. The Morgan fingerprint density at radius 1 is 0.804 bits per heavy atom. The van der Waals surface area contributed by atoms with Gasteiger partial charge in [-0.15, -0.1) is 0 Å². The number of carbonyl (C=O) groups is 5. The van der Waals surface area contributed by atoms with Gasteiger partial charge in [-0.05, 0) is 68.0 Å². The highest BCUT2D eigenvalue weighted by molar-refractivity contribution is 7.90. The molecule has 4 amide bonds. The minimum Gasteiger partial charge on any atom is -0.344 e. The molecule has 1 fully saturated rings. The SMILES string of the molecule is Cc1ccc(S(=O)(=O)NC(=O)c2ccc(C(=O)N[C@H](C(=O)N3CCC[C@H]3C(=O)NC(C(=O)C(F)(F)F)C(C)C)C(C)C)cc2)cc1. The molecule has 0 aliphatic carbocycles. The Morgan fingerprint density at radius 2 is 1.33 bits per heavy atom. The standard InChI is InChI=1S/C31H37F3N4O7S/c1-17(2)24(26(39)31(32,33)34)35-29(42)23-7-6-16-38(23)30(43)25(18(3)4)36-27(40)20-10-12-21(13-11-20)28(41)37-46(44,45)22-14-8-19(5)9-15-22/h8-15,17-18,23-25H,6-7,16H2,1-5H3,(H,35,42)(H,36,40)(H,37,41)/t23-,24?,25-/m0/s1. The molecule has 1 heterocycles. The second kappa shape index (κ2) is 14.4. The van der Waals surface area contributed by atoms with E-state index in [1.165, 1.54) is 55.1 Å². The smallest absolute Gasteiger partial charge is 0.344 e. The van der Waals surface area contributed by atoms with E-state index in [0.29, 0.717) is 6.42 Å². The number of carbonyl (C=O) groups excluding carboxylic acids is 5. The highest BCUT2D eigenvalue weighted by Crippen LogP contribution is 2.24. The van der Waals surface area contributed by atoms with E-state index in [1.54, 1.807) is 32.9 Å². The zero-order valence-electron chi connectivity index (χ0n) is 26.0. The molecule has 0 radical (unpaired) electrons. The largest absolute Gasteiger partial charge is 0.452 e. The second-order valence-electron chi connectivity index (χ2n) is 11.8. The van der Waals surface area contributed by atoms with Crippen molar-refractivity contribution in [1.82, 2.24) is 20.3 Å². The number of rotatable bonds is 11. The van der Waals surface area contributed by atoms with Gasteiger partial charge in [0.15, 0.2) is 0 Å². The van der Waals surface area contributed by atoms with Crippen LogP contribution in [0.5, 0.6) is 0 Å². The molecule has 3 N–H and O–H groups in total. The molecule has 0 aromatic heterocycles. The van der Waals surface area contributed by atoms with Crippen molar-refractivity contribution in [2.75, 3.05) is 6.54 Å². The minimum absolute atomic E-state index is 0.0432. The molecule has 250 valence electrons. The molecule has 2 aromatic carbocycles. The van der Waals surface area contributed by atoms with Gasteiger partial charge in [-0.1, -0.05) is 45.4 Å². The Kier molecular flexibility index (Phi) is 11.4. The highest BCUT2D eigenvalue weighted by atomic mass is 32.2. The van der Waals surface area contributed by atoms with Crippen LogP contribution in [0.3, 0.4) is 0 Å². The van der Waals surface area contributed by atoms with E-state index in [4.69, 9.17) is 0 Å². The van der Waals surface area contributed by atoms with Crippen molar-refractivity contribution in [3.05, 3.63) is 65.2 Å². The summed E-state index contributed by atoms with van der Waals surface area (Å²) < 4.78 is 66.4. The molecule has 0 bridgehead atoms. The number of nitrogens with zero attached hydrogens (tertiary/aromatic N) is 1. The van der Waals surface area contributed by atoms with Crippen molar-refractivity contribution in [3.63, 3.8) is 0 Å². The Morgan fingerprint density at radius 3 is 1.83 bits per heavy atom. The Bertz CT molecular complexity index is 1570. The summed E-state index contributed by atoms with van der Waals surface area (Å²) in [5.41, 5.74) is 0.847. The van der Waals surface area contributed by atoms with Crippen molar-refractivity contribution >= 4 is 39.4 Å². The van der Waals surface area contributed by atoms with Gasteiger partial charge in [0, 0.05) is 17.7 Å². The maximum atomic E-state index is 13.6. The van der Waals surface area contributed by atoms with E-state index in [0.717, 1.165) is 5.56 Å². The number of aryl methyl sites for hydroxylation is 1. The molecule has 2 aromatic rings. The summed E-state index contributed by atoms with van der Waals surface area (Å²) in [4.78, 5) is 65.3. The van der Waals surface area contributed by atoms with Crippen molar-refractivity contribution in [3.8, 4) is 0 Å².